The highest BCUT2D eigenvalue weighted by Gasteiger charge is 2.29. The maximum Gasteiger partial charge on any atom is 0.253 e. The number of nitrogens with zero attached hydrogens (tertiary/aromatic N) is 4. The first-order valence-corrected chi connectivity index (χ1v) is 11.8. The lowest BCUT2D eigenvalue weighted by Gasteiger charge is -2.36. The maximum absolute atomic E-state index is 12.7. The van der Waals surface area contributed by atoms with Crippen LogP contribution in [-0.2, 0) is 4.79 Å². The average molecular weight is 430 g/mol. The van der Waals surface area contributed by atoms with E-state index in [-0.39, 0.29) is 11.8 Å². The number of amides is 2. The lowest BCUT2D eigenvalue weighted by atomic mass is 10.1. The molecule has 0 atom stereocenters. The van der Waals surface area contributed by atoms with Crippen molar-refractivity contribution >= 4 is 23.2 Å². The van der Waals surface area contributed by atoms with E-state index in [9.17, 15) is 9.59 Å². The third-order valence-corrected chi connectivity index (χ3v) is 7.14. The van der Waals surface area contributed by atoms with E-state index < -0.39 is 0 Å². The Morgan fingerprint density at radius 1 is 1.17 bits per heavy atom. The Bertz CT molecular complexity index is 878. The fourth-order valence-corrected chi connectivity index (χ4v) is 5.41. The molecule has 2 amide bonds. The van der Waals surface area contributed by atoms with Crippen molar-refractivity contribution < 1.29 is 9.59 Å². The lowest BCUT2D eigenvalue weighted by molar-refractivity contribution is -0.137. The molecule has 8 heteroatoms. The number of piperazine rings is 1. The molecule has 162 valence electrons. The van der Waals surface area contributed by atoms with Crippen LogP contribution in [0.4, 0.5) is 0 Å². The van der Waals surface area contributed by atoms with Gasteiger partial charge in [-0.3, -0.25) is 19.1 Å². The Morgan fingerprint density at radius 2 is 1.90 bits per heavy atom. The van der Waals surface area contributed by atoms with Crippen LogP contribution in [0, 0.1) is 19.8 Å². The van der Waals surface area contributed by atoms with Crippen LogP contribution in [-0.4, -0.2) is 70.4 Å². The smallest absolute Gasteiger partial charge is 0.253 e. The Balaban J connectivity index is 1.24. The molecule has 2 aromatic rings. The van der Waals surface area contributed by atoms with Gasteiger partial charge in [0.25, 0.3) is 5.91 Å². The van der Waals surface area contributed by atoms with Crippen molar-refractivity contribution in [3.05, 3.63) is 34.6 Å². The minimum absolute atomic E-state index is 0.0408. The van der Waals surface area contributed by atoms with Crippen LogP contribution < -0.4 is 5.32 Å². The Labute approximate surface area is 182 Å². The van der Waals surface area contributed by atoms with E-state index in [0.29, 0.717) is 18.0 Å². The highest BCUT2D eigenvalue weighted by Crippen LogP contribution is 2.27. The van der Waals surface area contributed by atoms with Gasteiger partial charge < -0.3 is 10.2 Å². The summed E-state index contributed by atoms with van der Waals surface area (Å²) in [5.41, 5.74) is 2.63. The molecule has 7 nitrogen and oxygen atoms in total. The molecule has 0 unspecified atom stereocenters. The van der Waals surface area contributed by atoms with Crippen LogP contribution in [0.5, 0.6) is 0 Å². The zero-order chi connectivity index (χ0) is 21.1. The summed E-state index contributed by atoms with van der Waals surface area (Å²) in [6.45, 7) is 8.75. The lowest BCUT2D eigenvalue weighted by Crippen LogP contribution is -2.51. The molecule has 1 aliphatic carbocycles. The summed E-state index contributed by atoms with van der Waals surface area (Å²) < 4.78 is 2.03. The van der Waals surface area contributed by atoms with E-state index in [4.69, 9.17) is 0 Å². The predicted molar refractivity (Wildman–Crippen MR) is 118 cm³/mol. The first-order chi connectivity index (χ1) is 14.5. The molecule has 2 aliphatic rings. The molecule has 0 radical (unpaired) electrons. The van der Waals surface area contributed by atoms with Gasteiger partial charge >= 0.3 is 0 Å². The highest BCUT2D eigenvalue weighted by molar-refractivity contribution is 7.12. The van der Waals surface area contributed by atoms with Crippen molar-refractivity contribution in [3.63, 3.8) is 0 Å². The van der Waals surface area contributed by atoms with Crippen LogP contribution in [0.3, 0.4) is 0 Å². The second-order valence-corrected chi connectivity index (χ2v) is 9.21. The van der Waals surface area contributed by atoms with Gasteiger partial charge in [-0.05, 0) is 32.8 Å². The number of thiazole rings is 1. The minimum atomic E-state index is -0.0408. The maximum atomic E-state index is 12.7. The fourth-order valence-electron chi connectivity index (χ4n) is 4.66. The molecular weight excluding hydrogens is 398 g/mol. The Kier molecular flexibility index (Phi) is 6.53. The van der Waals surface area contributed by atoms with Crippen molar-refractivity contribution in [2.45, 2.75) is 39.5 Å². The molecule has 2 aromatic heterocycles. The monoisotopic (exact) mass is 429 g/mol. The van der Waals surface area contributed by atoms with E-state index in [1.807, 2.05) is 34.8 Å². The molecule has 30 heavy (non-hydrogen) atoms. The molecule has 0 spiro atoms. The van der Waals surface area contributed by atoms with Gasteiger partial charge in [-0.25, -0.2) is 4.98 Å². The summed E-state index contributed by atoms with van der Waals surface area (Å²) in [7, 11) is 0. The summed E-state index contributed by atoms with van der Waals surface area (Å²) >= 11 is 1.56. The molecule has 0 aromatic carbocycles. The summed E-state index contributed by atoms with van der Waals surface area (Å²) in [5, 5.41) is 5.88. The van der Waals surface area contributed by atoms with Crippen molar-refractivity contribution in [1.82, 2.24) is 24.7 Å². The van der Waals surface area contributed by atoms with Crippen LogP contribution in [0.25, 0.3) is 5.13 Å². The van der Waals surface area contributed by atoms with Gasteiger partial charge in [-0.15, -0.1) is 11.3 Å². The number of hydrogen-bond donors (Lipinski definition) is 1. The topological polar surface area (TPSA) is 70.5 Å². The number of rotatable bonds is 6. The third-order valence-electron chi connectivity index (χ3n) is 6.39. The molecule has 1 saturated carbocycles. The number of aryl methyl sites for hydroxylation is 1. The second kappa shape index (κ2) is 9.31. The van der Waals surface area contributed by atoms with Crippen LogP contribution in [0.15, 0.2) is 17.6 Å². The molecule has 4 rings (SSSR count). The normalized spacial score (nSPS) is 18.1. The van der Waals surface area contributed by atoms with Gasteiger partial charge in [0.15, 0.2) is 5.13 Å². The van der Waals surface area contributed by atoms with Crippen molar-refractivity contribution in [2.24, 2.45) is 5.92 Å². The molecule has 0 bridgehead atoms. The van der Waals surface area contributed by atoms with Gasteiger partial charge in [0, 0.05) is 68.2 Å². The molecule has 2 fully saturated rings. The standard InChI is InChI=1S/C22H31N5O2S/c1-16-15-19(17(2)27(16)22-24-8-14-30-22)20(28)23-7-9-25-10-12-26(13-11-25)21(29)18-5-3-4-6-18/h8,14-15,18H,3-7,9-13H2,1-2H3,(H,23,28). The van der Waals surface area contributed by atoms with Gasteiger partial charge in [-0.2, -0.15) is 0 Å². The summed E-state index contributed by atoms with van der Waals surface area (Å²) in [5.74, 6) is 0.580. The van der Waals surface area contributed by atoms with Crippen molar-refractivity contribution in [2.75, 3.05) is 39.3 Å². The Hall–Kier alpha value is -2.19. The number of carbonyl (C=O) groups excluding carboxylic acids is 2. The van der Waals surface area contributed by atoms with Crippen LogP contribution in [0.1, 0.15) is 47.4 Å². The number of carbonyl (C=O) groups is 2. The first-order valence-electron chi connectivity index (χ1n) is 10.9. The quantitative estimate of drug-likeness (QED) is 0.766. The highest BCUT2D eigenvalue weighted by atomic mass is 32.1. The van der Waals surface area contributed by atoms with Crippen LogP contribution in [0.2, 0.25) is 0 Å². The van der Waals surface area contributed by atoms with Gasteiger partial charge in [0.2, 0.25) is 5.91 Å². The van der Waals surface area contributed by atoms with E-state index >= 15 is 0 Å². The largest absolute Gasteiger partial charge is 0.351 e. The van der Waals surface area contributed by atoms with Crippen LogP contribution >= 0.6 is 11.3 Å². The SMILES string of the molecule is Cc1cc(C(=O)NCCN2CCN(C(=O)C3CCCC3)CC2)c(C)n1-c1nccs1. The molecular formula is C22H31N5O2S. The summed E-state index contributed by atoms with van der Waals surface area (Å²) in [6, 6.07) is 1.93. The zero-order valence-corrected chi connectivity index (χ0v) is 18.7. The summed E-state index contributed by atoms with van der Waals surface area (Å²) in [6.07, 6.45) is 6.30. The molecule has 3 heterocycles. The van der Waals surface area contributed by atoms with Gasteiger partial charge in [-0.1, -0.05) is 12.8 Å². The van der Waals surface area contributed by atoms with E-state index in [1.165, 1.54) is 12.8 Å². The number of aromatic nitrogens is 2. The molecule has 1 saturated heterocycles. The first kappa shape index (κ1) is 21.1. The van der Waals surface area contributed by atoms with Crippen molar-refractivity contribution in [3.8, 4) is 5.13 Å². The minimum Gasteiger partial charge on any atom is -0.351 e. The zero-order valence-electron chi connectivity index (χ0n) is 17.9. The molecule has 1 aliphatic heterocycles. The molecule has 1 N–H and O–H groups in total. The van der Waals surface area contributed by atoms with E-state index in [0.717, 1.165) is 62.1 Å². The predicted octanol–water partition coefficient (Wildman–Crippen LogP) is 2.61. The summed E-state index contributed by atoms with van der Waals surface area (Å²) in [4.78, 5) is 34.0. The van der Waals surface area contributed by atoms with E-state index in [1.54, 1.807) is 17.5 Å². The van der Waals surface area contributed by atoms with Gasteiger partial charge in [0.1, 0.15) is 0 Å². The Morgan fingerprint density at radius 3 is 2.57 bits per heavy atom. The average Bonchev–Trinajstić information content (AvgIpc) is 3.50. The van der Waals surface area contributed by atoms with Crippen molar-refractivity contribution in [1.29, 1.82) is 0 Å². The second-order valence-electron chi connectivity index (χ2n) is 8.34. The number of nitrogens with one attached hydrogen (secondary N) is 1. The fraction of sp³-hybridized carbons (Fsp3) is 0.591. The van der Waals surface area contributed by atoms with Gasteiger partial charge in [0.05, 0.1) is 5.56 Å². The van der Waals surface area contributed by atoms with E-state index in [2.05, 4.69) is 15.2 Å². The number of hydrogen-bond acceptors (Lipinski definition) is 5. The third kappa shape index (κ3) is 4.44.